The summed E-state index contributed by atoms with van der Waals surface area (Å²) in [7, 11) is 6.06. The molecule has 2 aromatic rings. The Morgan fingerprint density at radius 1 is 1.10 bits per heavy atom. The van der Waals surface area contributed by atoms with Gasteiger partial charge in [0.15, 0.2) is 0 Å². The number of piperidine rings is 1. The molecule has 0 radical (unpaired) electrons. The highest BCUT2D eigenvalue weighted by Crippen LogP contribution is 2.40. The zero-order valence-electron chi connectivity index (χ0n) is 18.0. The highest BCUT2D eigenvalue weighted by molar-refractivity contribution is 6.08. The Kier molecular flexibility index (Phi) is 6.00. The Hall–Kier alpha value is -2.92. The molecule has 0 saturated carbocycles. The summed E-state index contributed by atoms with van der Waals surface area (Å²) in [6.45, 7) is 2.09. The molecule has 30 heavy (non-hydrogen) atoms. The quantitative estimate of drug-likeness (QED) is 0.768. The maximum atomic E-state index is 13.0. The van der Waals surface area contributed by atoms with Crippen molar-refractivity contribution < 1.29 is 4.79 Å². The summed E-state index contributed by atoms with van der Waals surface area (Å²) >= 11 is 0. The molecule has 1 amide bonds. The number of hydrazone groups is 1. The van der Waals surface area contributed by atoms with Crippen molar-refractivity contribution in [3.8, 4) is 0 Å². The fourth-order valence-electron chi connectivity index (χ4n) is 4.43. The molecule has 2 heterocycles. The number of carbonyl (C=O) groups is 1. The van der Waals surface area contributed by atoms with Crippen molar-refractivity contribution in [2.24, 2.45) is 11.0 Å². The van der Waals surface area contributed by atoms with Gasteiger partial charge in [0.05, 0.1) is 11.8 Å². The molecule has 2 aliphatic heterocycles. The molecule has 0 aliphatic carbocycles. The van der Waals surface area contributed by atoms with Crippen LogP contribution < -0.4 is 0 Å². The van der Waals surface area contributed by atoms with Crippen molar-refractivity contribution >= 4 is 17.7 Å². The summed E-state index contributed by atoms with van der Waals surface area (Å²) < 4.78 is 0. The van der Waals surface area contributed by atoms with Crippen LogP contribution in [0.15, 0.2) is 71.3 Å². The Morgan fingerprint density at radius 3 is 2.43 bits per heavy atom. The first-order valence-corrected chi connectivity index (χ1v) is 10.6. The van der Waals surface area contributed by atoms with E-state index in [0.717, 1.165) is 23.4 Å². The average Bonchev–Trinajstić information content (AvgIpc) is 3.09. The summed E-state index contributed by atoms with van der Waals surface area (Å²) in [6, 6.07) is 21.0. The maximum Gasteiger partial charge on any atom is 0.224 e. The maximum absolute atomic E-state index is 13.0. The van der Waals surface area contributed by atoms with Crippen LogP contribution in [0.4, 0.5) is 0 Å². The summed E-state index contributed by atoms with van der Waals surface area (Å²) in [6.07, 6.45) is 2.73. The summed E-state index contributed by atoms with van der Waals surface area (Å²) in [5, 5.41) is 7.02. The number of carbonyl (C=O) groups excluding carboxylic acids is 1. The highest BCUT2D eigenvalue weighted by atomic mass is 16.2. The van der Waals surface area contributed by atoms with Crippen LogP contribution in [0.3, 0.4) is 0 Å². The van der Waals surface area contributed by atoms with Gasteiger partial charge in [-0.05, 0) is 36.9 Å². The largest absolute Gasteiger partial charge is 0.337 e. The minimum atomic E-state index is 0.143. The van der Waals surface area contributed by atoms with Gasteiger partial charge in [0.25, 0.3) is 0 Å². The van der Waals surface area contributed by atoms with E-state index in [4.69, 9.17) is 5.10 Å². The van der Waals surface area contributed by atoms with Gasteiger partial charge in [-0.25, -0.2) is 0 Å². The van der Waals surface area contributed by atoms with Crippen LogP contribution in [0.2, 0.25) is 0 Å². The molecule has 5 nitrogen and oxygen atoms in total. The first-order chi connectivity index (χ1) is 14.5. The van der Waals surface area contributed by atoms with Crippen LogP contribution in [0.5, 0.6) is 0 Å². The third-order valence-corrected chi connectivity index (χ3v) is 5.91. The predicted octanol–water partition coefficient (Wildman–Crippen LogP) is 3.52. The van der Waals surface area contributed by atoms with Gasteiger partial charge in [-0.2, -0.15) is 5.10 Å². The van der Waals surface area contributed by atoms with Gasteiger partial charge in [0.2, 0.25) is 5.91 Å². The zero-order valence-corrected chi connectivity index (χ0v) is 18.0. The summed E-state index contributed by atoms with van der Waals surface area (Å²) in [5.41, 5.74) is 4.64. The number of nitrogens with zero attached hydrogens (tertiary/aromatic N) is 4. The van der Waals surface area contributed by atoms with Gasteiger partial charge in [-0.3, -0.25) is 9.80 Å². The van der Waals surface area contributed by atoms with E-state index in [1.54, 1.807) is 0 Å². The summed E-state index contributed by atoms with van der Waals surface area (Å²) in [4.78, 5) is 17.1. The standard InChI is InChI=1S/C25H30N4O/c1-27(2)15-14-23(30)29-17-21(16-19-10-6-4-7-11-19)24-22(18-29)25(28(3)26-24)20-12-8-5-9-13-20/h4-13,16,22,25H,14-15,17-18H2,1-3H3. The van der Waals surface area contributed by atoms with Gasteiger partial charge in [-0.15, -0.1) is 0 Å². The zero-order chi connectivity index (χ0) is 21.1. The number of fused-ring (bicyclic) bond motifs is 1. The Bertz CT molecular complexity index is 936. The Balaban J connectivity index is 1.67. The SMILES string of the molecule is CN(C)CCC(=O)N1CC(=Cc2ccccc2)C2=NN(C)C(c3ccccc3)C2C1. The van der Waals surface area contributed by atoms with E-state index in [9.17, 15) is 4.79 Å². The molecule has 0 spiro atoms. The van der Waals surface area contributed by atoms with Crippen molar-refractivity contribution in [1.29, 1.82) is 0 Å². The van der Waals surface area contributed by atoms with Gasteiger partial charge in [0.1, 0.15) is 0 Å². The van der Waals surface area contributed by atoms with Crippen molar-refractivity contribution in [2.75, 3.05) is 40.8 Å². The van der Waals surface area contributed by atoms with Crippen LogP contribution in [-0.2, 0) is 4.79 Å². The van der Waals surface area contributed by atoms with Crippen LogP contribution in [0.1, 0.15) is 23.6 Å². The normalized spacial score (nSPS) is 22.4. The molecule has 2 atom stereocenters. The first-order valence-electron chi connectivity index (χ1n) is 10.6. The molecule has 2 unspecified atom stereocenters. The van der Waals surface area contributed by atoms with Crippen LogP contribution in [-0.4, -0.2) is 67.2 Å². The number of benzene rings is 2. The molecule has 0 N–H and O–H groups in total. The van der Waals surface area contributed by atoms with Gasteiger partial charge in [0, 0.05) is 39.0 Å². The lowest BCUT2D eigenvalue weighted by Gasteiger charge is -2.36. The smallest absolute Gasteiger partial charge is 0.224 e. The Morgan fingerprint density at radius 2 is 1.77 bits per heavy atom. The third kappa shape index (κ3) is 4.31. The molecule has 156 valence electrons. The number of rotatable bonds is 5. The fourth-order valence-corrected chi connectivity index (χ4v) is 4.43. The first kappa shape index (κ1) is 20.4. The van der Waals surface area contributed by atoms with E-state index < -0.39 is 0 Å². The number of amides is 1. The Labute approximate surface area is 179 Å². The molecule has 2 aromatic carbocycles. The third-order valence-electron chi connectivity index (χ3n) is 5.91. The minimum absolute atomic E-state index is 0.143. The number of hydrogen-bond donors (Lipinski definition) is 0. The van der Waals surface area contributed by atoms with E-state index >= 15 is 0 Å². The number of likely N-dealkylation sites (tertiary alicyclic amines) is 1. The van der Waals surface area contributed by atoms with Crippen molar-refractivity contribution in [2.45, 2.75) is 12.5 Å². The topological polar surface area (TPSA) is 39.2 Å². The molecule has 5 heteroatoms. The van der Waals surface area contributed by atoms with Gasteiger partial charge >= 0.3 is 0 Å². The van der Waals surface area contributed by atoms with Gasteiger partial charge < -0.3 is 9.80 Å². The molecule has 1 fully saturated rings. The second-order valence-electron chi connectivity index (χ2n) is 8.43. The van der Waals surface area contributed by atoms with Crippen LogP contribution in [0, 0.1) is 5.92 Å². The average molecular weight is 403 g/mol. The molecular weight excluding hydrogens is 372 g/mol. The highest BCUT2D eigenvalue weighted by Gasteiger charge is 2.43. The summed E-state index contributed by atoms with van der Waals surface area (Å²) in [5.74, 6) is 0.382. The van der Waals surface area contributed by atoms with E-state index in [1.807, 2.05) is 50.3 Å². The molecule has 1 saturated heterocycles. The van der Waals surface area contributed by atoms with Gasteiger partial charge in [-0.1, -0.05) is 60.7 Å². The van der Waals surface area contributed by atoms with E-state index in [2.05, 4.69) is 52.4 Å². The van der Waals surface area contributed by atoms with E-state index in [1.165, 1.54) is 5.56 Å². The predicted molar refractivity (Wildman–Crippen MR) is 122 cm³/mol. The fraction of sp³-hybridized carbons (Fsp3) is 0.360. The van der Waals surface area contributed by atoms with Crippen LogP contribution >= 0.6 is 0 Å². The lowest BCUT2D eigenvalue weighted by Crippen LogP contribution is -2.46. The van der Waals surface area contributed by atoms with Crippen LogP contribution in [0.25, 0.3) is 6.08 Å². The second-order valence-corrected chi connectivity index (χ2v) is 8.43. The lowest BCUT2D eigenvalue weighted by molar-refractivity contribution is -0.131. The molecule has 0 aromatic heterocycles. The molecule has 2 aliphatic rings. The lowest BCUT2D eigenvalue weighted by atomic mass is 9.83. The second kappa shape index (κ2) is 8.84. The minimum Gasteiger partial charge on any atom is -0.337 e. The van der Waals surface area contributed by atoms with Crippen molar-refractivity contribution in [1.82, 2.24) is 14.8 Å². The van der Waals surface area contributed by atoms with E-state index in [0.29, 0.717) is 19.5 Å². The van der Waals surface area contributed by atoms with Crippen molar-refractivity contribution in [3.05, 3.63) is 77.4 Å². The molecular formula is C25H30N4O. The monoisotopic (exact) mass is 402 g/mol. The number of hydrogen-bond acceptors (Lipinski definition) is 4. The molecule has 4 rings (SSSR count). The van der Waals surface area contributed by atoms with E-state index in [-0.39, 0.29) is 17.9 Å². The van der Waals surface area contributed by atoms with Crippen molar-refractivity contribution in [3.63, 3.8) is 0 Å². The molecule has 0 bridgehead atoms.